The van der Waals surface area contributed by atoms with Gasteiger partial charge in [-0.05, 0) is 41.0 Å². The lowest BCUT2D eigenvalue weighted by Crippen LogP contribution is -2.38. The first-order chi connectivity index (χ1) is 18.3. The van der Waals surface area contributed by atoms with E-state index in [0.717, 1.165) is 38.6 Å². The molecule has 7 nitrogen and oxygen atoms in total. The molecule has 1 aliphatic heterocycles. The van der Waals surface area contributed by atoms with Gasteiger partial charge in [-0.3, -0.25) is 9.59 Å². The van der Waals surface area contributed by atoms with Crippen molar-refractivity contribution < 1.29 is 24.2 Å². The van der Waals surface area contributed by atoms with Gasteiger partial charge in [-0.15, -0.1) is 11.8 Å². The van der Waals surface area contributed by atoms with Crippen molar-refractivity contribution in [3.8, 4) is 0 Å². The zero-order valence-electron chi connectivity index (χ0n) is 21.8. The summed E-state index contributed by atoms with van der Waals surface area (Å²) < 4.78 is 13.0. The van der Waals surface area contributed by atoms with Crippen LogP contribution in [0.25, 0.3) is 0 Å². The number of benzene rings is 3. The second-order valence-corrected chi connectivity index (χ2v) is 10.6. The van der Waals surface area contributed by atoms with Gasteiger partial charge < -0.3 is 25.2 Å². The van der Waals surface area contributed by atoms with Crippen LogP contribution < -0.4 is 10.6 Å². The van der Waals surface area contributed by atoms with E-state index in [9.17, 15) is 14.7 Å². The summed E-state index contributed by atoms with van der Waals surface area (Å²) in [6.45, 7) is 5.61. The van der Waals surface area contributed by atoms with Gasteiger partial charge in [0.05, 0.1) is 18.8 Å². The summed E-state index contributed by atoms with van der Waals surface area (Å²) >= 11 is 1.70. The van der Waals surface area contributed by atoms with Crippen molar-refractivity contribution in [1.29, 1.82) is 0 Å². The molecule has 0 saturated carbocycles. The Morgan fingerprint density at radius 2 is 1.47 bits per heavy atom. The Bertz CT molecular complexity index is 1210. The fraction of sp³-hybridized carbons (Fsp3) is 0.333. The summed E-state index contributed by atoms with van der Waals surface area (Å²) in [4.78, 5) is 23.6. The quantitative estimate of drug-likeness (QED) is 0.320. The van der Waals surface area contributed by atoms with Gasteiger partial charge in [0.1, 0.15) is 0 Å². The van der Waals surface area contributed by atoms with E-state index < -0.39 is 6.29 Å². The Kier molecular flexibility index (Phi) is 9.58. The van der Waals surface area contributed by atoms with Crippen LogP contribution >= 0.6 is 11.8 Å². The number of aliphatic hydroxyl groups excluding tert-OH is 1. The Morgan fingerprint density at radius 1 is 0.842 bits per heavy atom. The largest absolute Gasteiger partial charge is 0.392 e. The van der Waals surface area contributed by atoms with Gasteiger partial charge in [-0.1, -0.05) is 55.5 Å². The molecule has 0 radical (unpaired) electrons. The van der Waals surface area contributed by atoms with E-state index in [0.29, 0.717) is 6.54 Å². The van der Waals surface area contributed by atoms with Gasteiger partial charge in [0, 0.05) is 48.2 Å². The number of aliphatic hydroxyl groups is 1. The zero-order chi connectivity index (χ0) is 27.1. The highest BCUT2D eigenvalue weighted by Crippen LogP contribution is 2.43. The summed E-state index contributed by atoms with van der Waals surface area (Å²) in [5.41, 5.74) is 4.58. The molecule has 200 valence electrons. The molecule has 0 spiro atoms. The normalized spacial score (nSPS) is 21.1. The standard InChI is InChI=1S/C30H34N2O5S/c1-19-28(18-38-27-14-12-26(13-15-27)32-21(3)35)36-30(25-10-4-22(5-11-25)16-31-20(2)34)37-29(19)24-8-6-23(17-33)7-9-24/h4-15,19,28-30,33H,16-18H2,1-3H3,(H,31,34)(H,32,35)/t19-,28+,29+,30+/m0/s1. The molecular formula is C30H34N2O5S. The molecule has 0 unspecified atom stereocenters. The predicted octanol–water partition coefficient (Wildman–Crippen LogP) is 5.36. The average Bonchev–Trinajstić information content (AvgIpc) is 2.92. The average molecular weight is 535 g/mol. The van der Waals surface area contributed by atoms with Gasteiger partial charge in [-0.25, -0.2) is 0 Å². The highest BCUT2D eigenvalue weighted by atomic mass is 32.2. The van der Waals surface area contributed by atoms with Crippen LogP contribution in [0, 0.1) is 5.92 Å². The van der Waals surface area contributed by atoms with E-state index in [1.54, 1.807) is 11.8 Å². The van der Waals surface area contributed by atoms with Crippen molar-refractivity contribution in [3.63, 3.8) is 0 Å². The minimum absolute atomic E-state index is 0.00206. The van der Waals surface area contributed by atoms with Crippen LogP contribution in [-0.2, 0) is 32.2 Å². The third kappa shape index (κ3) is 7.45. The fourth-order valence-corrected chi connectivity index (χ4v) is 5.41. The number of thioether (sulfide) groups is 1. The first kappa shape index (κ1) is 27.9. The molecule has 2 amide bonds. The summed E-state index contributed by atoms with van der Waals surface area (Å²) in [6.07, 6.45) is -0.820. The van der Waals surface area contributed by atoms with Crippen LogP contribution in [0.2, 0.25) is 0 Å². The van der Waals surface area contributed by atoms with Crippen molar-refractivity contribution in [3.05, 3.63) is 95.1 Å². The zero-order valence-corrected chi connectivity index (χ0v) is 22.7. The number of ether oxygens (including phenoxy) is 2. The van der Waals surface area contributed by atoms with Crippen LogP contribution in [0.3, 0.4) is 0 Å². The molecule has 3 N–H and O–H groups in total. The molecular weight excluding hydrogens is 500 g/mol. The van der Waals surface area contributed by atoms with Crippen molar-refractivity contribution in [2.45, 2.75) is 57.3 Å². The number of amides is 2. The molecule has 0 aliphatic carbocycles. The number of hydrogen-bond acceptors (Lipinski definition) is 6. The van der Waals surface area contributed by atoms with Crippen molar-refractivity contribution >= 4 is 29.3 Å². The predicted molar refractivity (Wildman–Crippen MR) is 148 cm³/mol. The van der Waals surface area contributed by atoms with E-state index in [4.69, 9.17) is 9.47 Å². The Hall–Kier alpha value is -3.17. The minimum Gasteiger partial charge on any atom is -0.392 e. The first-order valence-electron chi connectivity index (χ1n) is 12.7. The maximum atomic E-state index is 11.3. The molecule has 4 rings (SSSR count). The van der Waals surface area contributed by atoms with Gasteiger partial charge in [0.2, 0.25) is 11.8 Å². The van der Waals surface area contributed by atoms with E-state index in [1.165, 1.54) is 13.8 Å². The van der Waals surface area contributed by atoms with Gasteiger partial charge >= 0.3 is 0 Å². The van der Waals surface area contributed by atoms with Crippen molar-refractivity contribution in [1.82, 2.24) is 5.32 Å². The monoisotopic (exact) mass is 534 g/mol. The first-order valence-corrected chi connectivity index (χ1v) is 13.7. The number of nitrogens with one attached hydrogen (secondary N) is 2. The van der Waals surface area contributed by atoms with Crippen LogP contribution in [-0.4, -0.2) is 28.8 Å². The molecule has 1 fully saturated rings. The number of carbonyl (C=O) groups is 2. The van der Waals surface area contributed by atoms with E-state index in [2.05, 4.69) is 17.6 Å². The molecule has 0 aromatic heterocycles. The lowest BCUT2D eigenvalue weighted by Gasteiger charge is -2.41. The lowest BCUT2D eigenvalue weighted by atomic mass is 9.91. The third-order valence-electron chi connectivity index (χ3n) is 6.51. The summed E-state index contributed by atoms with van der Waals surface area (Å²) in [6, 6.07) is 23.6. The van der Waals surface area contributed by atoms with Crippen molar-refractivity contribution in [2.75, 3.05) is 11.1 Å². The maximum Gasteiger partial charge on any atom is 0.221 e. The number of rotatable bonds is 9. The van der Waals surface area contributed by atoms with Gasteiger partial charge in [0.15, 0.2) is 6.29 Å². The van der Waals surface area contributed by atoms with Crippen LogP contribution in [0.5, 0.6) is 0 Å². The van der Waals surface area contributed by atoms with Crippen LogP contribution in [0.4, 0.5) is 5.69 Å². The molecule has 1 aliphatic rings. The summed E-state index contributed by atoms with van der Waals surface area (Å²) in [5.74, 6) is 0.646. The van der Waals surface area contributed by atoms with Crippen molar-refractivity contribution in [2.24, 2.45) is 5.92 Å². The summed E-state index contributed by atoms with van der Waals surface area (Å²) in [5, 5.41) is 15.1. The van der Waals surface area contributed by atoms with E-state index >= 15 is 0 Å². The molecule has 8 heteroatoms. The number of anilines is 1. The SMILES string of the molecule is CC(=O)NCc1ccc([C@@H]2O[C@H](CSc3ccc(NC(C)=O)cc3)[C@H](C)[C@H](c3ccc(CO)cc3)O2)cc1. The third-order valence-corrected chi connectivity index (χ3v) is 7.61. The molecule has 1 heterocycles. The van der Waals surface area contributed by atoms with Crippen LogP contribution in [0.15, 0.2) is 77.7 Å². The highest BCUT2D eigenvalue weighted by Gasteiger charge is 2.38. The van der Waals surface area contributed by atoms with Gasteiger partial charge in [0.25, 0.3) is 0 Å². The molecule has 38 heavy (non-hydrogen) atoms. The fourth-order valence-electron chi connectivity index (χ4n) is 4.35. The lowest BCUT2D eigenvalue weighted by molar-refractivity contribution is -0.268. The van der Waals surface area contributed by atoms with Crippen LogP contribution in [0.1, 0.15) is 55.4 Å². The minimum atomic E-state index is -0.545. The molecule has 3 aromatic carbocycles. The molecule has 1 saturated heterocycles. The smallest absolute Gasteiger partial charge is 0.221 e. The second-order valence-electron chi connectivity index (χ2n) is 9.49. The van der Waals surface area contributed by atoms with E-state index in [1.807, 2.05) is 72.8 Å². The second kappa shape index (κ2) is 13.1. The Morgan fingerprint density at radius 3 is 2.08 bits per heavy atom. The highest BCUT2D eigenvalue weighted by molar-refractivity contribution is 7.99. The topological polar surface area (TPSA) is 96.9 Å². The summed E-state index contributed by atoms with van der Waals surface area (Å²) in [7, 11) is 0. The Balaban J connectivity index is 1.51. The number of carbonyl (C=O) groups excluding carboxylic acids is 2. The molecule has 3 aromatic rings. The molecule has 0 bridgehead atoms. The van der Waals surface area contributed by atoms with E-state index in [-0.39, 0.29) is 36.5 Å². The molecule has 4 atom stereocenters. The Labute approximate surface area is 227 Å². The maximum absolute atomic E-state index is 11.3. The van der Waals surface area contributed by atoms with Gasteiger partial charge in [-0.2, -0.15) is 0 Å². The number of hydrogen-bond donors (Lipinski definition) is 3.